The van der Waals surface area contributed by atoms with Gasteiger partial charge in [0, 0.05) is 5.33 Å². The molecule has 2 atom stereocenters. The molecule has 0 bridgehead atoms. The van der Waals surface area contributed by atoms with E-state index in [1.54, 1.807) is 0 Å². The smallest absolute Gasteiger partial charge is 0.308 e. The van der Waals surface area contributed by atoms with Crippen molar-refractivity contribution in [1.29, 1.82) is 0 Å². The molecule has 0 saturated heterocycles. The Balaban J connectivity index is 2.40. The maximum Gasteiger partial charge on any atom is 0.308 e. The molecule has 0 radical (unpaired) electrons. The van der Waals surface area contributed by atoms with Gasteiger partial charge in [0.2, 0.25) is 0 Å². The van der Waals surface area contributed by atoms with E-state index in [0.717, 1.165) is 24.6 Å². The average Bonchev–Trinajstić information content (AvgIpc) is 2.17. The van der Waals surface area contributed by atoms with E-state index >= 15 is 0 Å². The number of hydrogen-bond acceptors (Lipinski definition) is 2. The Kier molecular flexibility index (Phi) is 4.06. The van der Waals surface area contributed by atoms with Crippen LogP contribution in [0.1, 0.15) is 25.7 Å². The molecule has 0 aromatic carbocycles. The van der Waals surface area contributed by atoms with Crippen LogP contribution >= 0.6 is 15.9 Å². The van der Waals surface area contributed by atoms with Crippen LogP contribution in [-0.4, -0.2) is 18.4 Å². The van der Waals surface area contributed by atoms with Crippen LogP contribution in [0.3, 0.4) is 0 Å². The number of hydrogen-bond donors (Lipinski definition) is 0. The zero-order chi connectivity index (χ0) is 8.97. The first-order valence-electron chi connectivity index (χ1n) is 4.41. The van der Waals surface area contributed by atoms with Gasteiger partial charge < -0.3 is 4.74 Å². The third kappa shape index (κ3) is 2.47. The molecular formula is C9H15BrO2. The van der Waals surface area contributed by atoms with Crippen molar-refractivity contribution in [3.63, 3.8) is 0 Å². The first kappa shape index (κ1) is 10.0. The molecule has 3 heteroatoms. The third-order valence-electron chi connectivity index (χ3n) is 2.54. The van der Waals surface area contributed by atoms with Gasteiger partial charge in [-0.05, 0) is 25.2 Å². The average molecular weight is 235 g/mol. The lowest BCUT2D eigenvalue weighted by Gasteiger charge is -2.25. The van der Waals surface area contributed by atoms with E-state index in [2.05, 4.69) is 15.9 Å². The molecule has 1 fully saturated rings. The van der Waals surface area contributed by atoms with E-state index in [9.17, 15) is 4.79 Å². The molecule has 2 nitrogen and oxygen atoms in total. The predicted molar refractivity (Wildman–Crippen MR) is 51.3 cm³/mol. The molecule has 0 aliphatic heterocycles. The summed E-state index contributed by atoms with van der Waals surface area (Å²) in [5.74, 6) is 0.801. The second-order valence-corrected chi connectivity index (χ2v) is 4.05. The summed E-state index contributed by atoms with van der Waals surface area (Å²) >= 11 is 3.46. The van der Waals surface area contributed by atoms with Crippen molar-refractivity contribution in [2.24, 2.45) is 11.8 Å². The van der Waals surface area contributed by atoms with Gasteiger partial charge in [-0.1, -0.05) is 22.4 Å². The number of alkyl halides is 1. The van der Waals surface area contributed by atoms with Gasteiger partial charge in [-0.15, -0.1) is 0 Å². The quantitative estimate of drug-likeness (QED) is 0.542. The largest absolute Gasteiger partial charge is 0.469 e. The highest BCUT2D eigenvalue weighted by atomic mass is 79.9. The number of ether oxygens (including phenoxy) is 1. The van der Waals surface area contributed by atoms with Crippen LogP contribution in [-0.2, 0) is 9.53 Å². The van der Waals surface area contributed by atoms with Crippen molar-refractivity contribution in [1.82, 2.24) is 0 Å². The Morgan fingerprint density at radius 3 is 2.92 bits per heavy atom. The molecule has 70 valence electrons. The monoisotopic (exact) mass is 234 g/mol. The second kappa shape index (κ2) is 4.85. The zero-order valence-corrected chi connectivity index (χ0v) is 8.97. The van der Waals surface area contributed by atoms with Gasteiger partial charge in [-0.3, -0.25) is 4.79 Å². The Bertz CT molecular complexity index is 159. The van der Waals surface area contributed by atoms with E-state index in [4.69, 9.17) is 4.74 Å². The van der Waals surface area contributed by atoms with E-state index in [0.29, 0.717) is 5.92 Å². The minimum Gasteiger partial charge on any atom is -0.469 e. The maximum absolute atomic E-state index is 11.2. The highest BCUT2D eigenvalue weighted by Gasteiger charge is 2.26. The van der Waals surface area contributed by atoms with Crippen LogP contribution in [0.4, 0.5) is 0 Å². The molecule has 0 spiro atoms. The van der Waals surface area contributed by atoms with Crippen LogP contribution < -0.4 is 0 Å². The summed E-state index contributed by atoms with van der Waals surface area (Å²) in [6, 6.07) is 0. The van der Waals surface area contributed by atoms with Gasteiger partial charge in [-0.2, -0.15) is 0 Å². The van der Waals surface area contributed by atoms with Gasteiger partial charge in [0.1, 0.15) is 0 Å². The van der Waals surface area contributed by atoms with Gasteiger partial charge in [0.25, 0.3) is 0 Å². The van der Waals surface area contributed by atoms with Crippen molar-refractivity contribution in [3.8, 4) is 0 Å². The van der Waals surface area contributed by atoms with E-state index in [-0.39, 0.29) is 11.9 Å². The fraction of sp³-hybridized carbons (Fsp3) is 0.889. The SMILES string of the molecule is COC(=O)[C@@H]1CCC[C@H](CBr)C1. The molecule has 1 saturated carbocycles. The Hall–Kier alpha value is -0.0500. The third-order valence-corrected chi connectivity index (χ3v) is 3.45. The minimum atomic E-state index is -0.0272. The predicted octanol–water partition coefficient (Wildman–Crippen LogP) is 2.36. The first-order valence-corrected chi connectivity index (χ1v) is 5.54. The summed E-state index contributed by atoms with van der Waals surface area (Å²) in [4.78, 5) is 11.2. The van der Waals surface area contributed by atoms with Crippen molar-refractivity contribution in [2.75, 3.05) is 12.4 Å². The second-order valence-electron chi connectivity index (χ2n) is 3.41. The van der Waals surface area contributed by atoms with Crippen molar-refractivity contribution in [3.05, 3.63) is 0 Å². The molecule has 0 N–H and O–H groups in total. The van der Waals surface area contributed by atoms with E-state index < -0.39 is 0 Å². The van der Waals surface area contributed by atoms with Gasteiger partial charge in [0.15, 0.2) is 0 Å². The molecule has 1 aliphatic rings. The summed E-state index contributed by atoms with van der Waals surface area (Å²) in [5, 5.41) is 1.01. The molecule has 0 aromatic rings. The Morgan fingerprint density at radius 2 is 2.33 bits per heavy atom. The van der Waals surface area contributed by atoms with E-state index in [1.165, 1.54) is 13.5 Å². The molecule has 0 heterocycles. The lowest BCUT2D eigenvalue weighted by Crippen LogP contribution is -2.24. The zero-order valence-electron chi connectivity index (χ0n) is 7.38. The Labute approximate surface area is 81.8 Å². The molecule has 0 unspecified atom stereocenters. The van der Waals surface area contributed by atoms with Gasteiger partial charge >= 0.3 is 5.97 Å². The number of methoxy groups -OCH3 is 1. The summed E-state index contributed by atoms with van der Waals surface area (Å²) in [5.41, 5.74) is 0. The fourth-order valence-electron chi connectivity index (χ4n) is 1.81. The fourth-order valence-corrected chi connectivity index (χ4v) is 2.40. The first-order chi connectivity index (χ1) is 5.77. The number of halogens is 1. The number of carbonyl (C=O) groups is 1. The standard InChI is InChI=1S/C9H15BrO2/c1-12-9(11)8-4-2-3-7(5-8)6-10/h7-8H,2-6H2,1H3/t7-,8+/m0/s1. The molecule has 0 amide bonds. The van der Waals surface area contributed by atoms with Crippen LogP contribution in [0.5, 0.6) is 0 Å². The normalized spacial score (nSPS) is 29.8. The lowest BCUT2D eigenvalue weighted by atomic mass is 9.82. The summed E-state index contributed by atoms with van der Waals surface area (Å²) in [6.45, 7) is 0. The molecular weight excluding hydrogens is 220 g/mol. The van der Waals surface area contributed by atoms with Crippen molar-refractivity contribution in [2.45, 2.75) is 25.7 Å². The Morgan fingerprint density at radius 1 is 1.58 bits per heavy atom. The van der Waals surface area contributed by atoms with E-state index in [1.807, 2.05) is 0 Å². The minimum absolute atomic E-state index is 0.0272. The van der Waals surface area contributed by atoms with Gasteiger partial charge in [0.05, 0.1) is 13.0 Å². The summed E-state index contributed by atoms with van der Waals surface area (Å²) < 4.78 is 4.73. The van der Waals surface area contributed by atoms with Crippen LogP contribution in [0.2, 0.25) is 0 Å². The van der Waals surface area contributed by atoms with Gasteiger partial charge in [-0.25, -0.2) is 0 Å². The van der Waals surface area contributed by atoms with Crippen molar-refractivity contribution < 1.29 is 9.53 Å². The summed E-state index contributed by atoms with van der Waals surface area (Å²) in [6.07, 6.45) is 4.42. The number of rotatable bonds is 2. The molecule has 0 aromatic heterocycles. The molecule has 1 rings (SSSR count). The van der Waals surface area contributed by atoms with Crippen LogP contribution in [0.25, 0.3) is 0 Å². The van der Waals surface area contributed by atoms with Crippen molar-refractivity contribution >= 4 is 21.9 Å². The number of carbonyl (C=O) groups excluding carboxylic acids is 1. The highest BCUT2D eigenvalue weighted by molar-refractivity contribution is 9.09. The molecule has 1 aliphatic carbocycles. The molecule has 12 heavy (non-hydrogen) atoms. The maximum atomic E-state index is 11.2. The van der Waals surface area contributed by atoms with Crippen LogP contribution in [0.15, 0.2) is 0 Å². The lowest BCUT2D eigenvalue weighted by molar-refractivity contribution is -0.147. The summed E-state index contributed by atoms with van der Waals surface area (Å²) in [7, 11) is 1.47. The highest BCUT2D eigenvalue weighted by Crippen LogP contribution is 2.30. The number of esters is 1. The topological polar surface area (TPSA) is 26.3 Å². The van der Waals surface area contributed by atoms with Crippen LogP contribution in [0, 0.1) is 11.8 Å².